The minimum atomic E-state index is -0.395. The third-order valence-corrected chi connectivity index (χ3v) is 5.11. The van der Waals surface area contributed by atoms with Gasteiger partial charge in [-0.1, -0.05) is 30.3 Å². The zero-order chi connectivity index (χ0) is 17.4. The molecule has 1 fully saturated rings. The van der Waals surface area contributed by atoms with Gasteiger partial charge in [0.25, 0.3) is 0 Å². The highest BCUT2D eigenvalue weighted by atomic mass is 16.3. The molecule has 6 nitrogen and oxygen atoms in total. The fourth-order valence-corrected chi connectivity index (χ4v) is 3.70. The lowest BCUT2D eigenvalue weighted by Crippen LogP contribution is -2.36. The van der Waals surface area contributed by atoms with Gasteiger partial charge in [0.05, 0.1) is 17.7 Å². The maximum Gasteiger partial charge on any atom is 0.163 e. The molecule has 0 amide bonds. The highest BCUT2D eigenvalue weighted by Crippen LogP contribution is 2.33. The average molecular weight is 337 g/mol. The fraction of sp³-hybridized carbons (Fsp3) is 0.421. The molecule has 0 radical (unpaired) electrons. The second-order valence-electron chi connectivity index (χ2n) is 6.78. The van der Waals surface area contributed by atoms with Crippen LogP contribution in [0.2, 0.25) is 0 Å². The van der Waals surface area contributed by atoms with Crippen LogP contribution in [0.15, 0.2) is 36.5 Å². The standard InChI is InChI=1S/C19H23N5O/c1-13-21-18-16(12-20-23(18)2)19(22-13)24-10-8-15(9-11-24)17(25)14-6-4-3-5-7-14/h3-7,12,15,17,25H,8-11H2,1-2H3/t17-/m0/s1. The summed E-state index contributed by atoms with van der Waals surface area (Å²) in [6, 6.07) is 9.95. The Kier molecular flexibility index (Phi) is 4.13. The minimum absolute atomic E-state index is 0.283. The van der Waals surface area contributed by atoms with Gasteiger partial charge in [-0.25, -0.2) is 9.97 Å². The Morgan fingerprint density at radius 3 is 2.56 bits per heavy atom. The van der Waals surface area contributed by atoms with E-state index in [1.807, 2.05) is 50.5 Å². The number of nitrogens with zero attached hydrogens (tertiary/aromatic N) is 5. The van der Waals surface area contributed by atoms with E-state index in [4.69, 9.17) is 0 Å². The summed E-state index contributed by atoms with van der Waals surface area (Å²) in [5.74, 6) is 2.01. The monoisotopic (exact) mass is 337 g/mol. The second-order valence-corrected chi connectivity index (χ2v) is 6.78. The molecule has 3 heterocycles. The molecule has 6 heteroatoms. The van der Waals surface area contributed by atoms with Crippen molar-refractivity contribution in [3.8, 4) is 0 Å². The van der Waals surface area contributed by atoms with Crippen molar-refractivity contribution >= 4 is 16.9 Å². The van der Waals surface area contributed by atoms with Crippen LogP contribution in [0.25, 0.3) is 11.0 Å². The van der Waals surface area contributed by atoms with Crippen LogP contribution in [0.3, 0.4) is 0 Å². The van der Waals surface area contributed by atoms with Gasteiger partial charge in [0.15, 0.2) is 5.65 Å². The Labute approximate surface area is 147 Å². The average Bonchev–Trinajstić information content (AvgIpc) is 3.02. The van der Waals surface area contributed by atoms with Crippen LogP contribution in [0.5, 0.6) is 0 Å². The molecule has 1 aromatic carbocycles. The Balaban J connectivity index is 1.53. The number of aromatic nitrogens is 4. The second kappa shape index (κ2) is 6.44. The van der Waals surface area contributed by atoms with Crippen molar-refractivity contribution in [2.45, 2.75) is 25.9 Å². The number of rotatable bonds is 3. The first-order chi connectivity index (χ1) is 12.1. The molecule has 130 valence electrons. The molecule has 1 atom stereocenters. The molecule has 0 aliphatic carbocycles. The molecule has 1 aliphatic rings. The fourth-order valence-electron chi connectivity index (χ4n) is 3.70. The van der Waals surface area contributed by atoms with Crippen molar-refractivity contribution in [2.75, 3.05) is 18.0 Å². The van der Waals surface area contributed by atoms with E-state index in [9.17, 15) is 5.11 Å². The lowest BCUT2D eigenvalue weighted by molar-refractivity contribution is 0.0929. The number of aryl methyl sites for hydroxylation is 2. The molecule has 0 unspecified atom stereocenters. The molecule has 0 bridgehead atoms. The summed E-state index contributed by atoms with van der Waals surface area (Å²) in [7, 11) is 1.90. The van der Waals surface area contributed by atoms with Crippen LogP contribution in [0, 0.1) is 12.8 Å². The Bertz CT molecular complexity index is 868. The Morgan fingerprint density at radius 2 is 1.84 bits per heavy atom. The number of piperidine rings is 1. The van der Waals surface area contributed by atoms with Crippen LogP contribution in [-0.4, -0.2) is 37.9 Å². The maximum absolute atomic E-state index is 10.7. The van der Waals surface area contributed by atoms with Crippen molar-refractivity contribution in [3.63, 3.8) is 0 Å². The van der Waals surface area contributed by atoms with Crippen LogP contribution in [0.1, 0.15) is 30.3 Å². The molecule has 0 saturated carbocycles. The number of aliphatic hydroxyl groups excluding tert-OH is 1. The summed E-state index contributed by atoms with van der Waals surface area (Å²) in [6.07, 6.45) is 3.34. The Morgan fingerprint density at radius 1 is 1.12 bits per heavy atom. The summed E-state index contributed by atoms with van der Waals surface area (Å²) in [5, 5.41) is 16.0. The first-order valence-corrected chi connectivity index (χ1v) is 8.78. The van der Waals surface area contributed by atoms with E-state index in [2.05, 4.69) is 20.0 Å². The first kappa shape index (κ1) is 16.0. The molecule has 1 aliphatic heterocycles. The van der Waals surface area contributed by atoms with Gasteiger partial charge in [-0.05, 0) is 31.2 Å². The van der Waals surface area contributed by atoms with Gasteiger partial charge in [0.1, 0.15) is 11.6 Å². The number of fused-ring (bicyclic) bond motifs is 1. The van der Waals surface area contributed by atoms with E-state index in [1.54, 1.807) is 4.68 Å². The van der Waals surface area contributed by atoms with Gasteiger partial charge in [0, 0.05) is 20.1 Å². The zero-order valence-corrected chi connectivity index (χ0v) is 14.6. The highest BCUT2D eigenvalue weighted by Gasteiger charge is 2.28. The van der Waals surface area contributed by atoms with Crippen molar-refractivity contribution in [1.82, 2.24) is 19.7 Å². The molecule has 3 aromatic rings. The number of hydrogen-bond acceptors (Lipinski definition) is 5. The van der Waals surface area contributed by atoms with E-state index < -0.39 is 6.10 Å². The van der Waals surface area contributed by atoms with Crippen LogP contribution in [-0.2, 0) is 7.05 Å². The molecule has 1 saturated heterocycles. The van der Waals surface area contributed by atoms with Crippen molar-refractivity contribution in [3.05, 3.63) is 47.9 Å². The van der Waals surface area contributed by atoms with Gasteiger partial charge >= 0.3 is 0 Å². The van der Waals surface area contributed by atoms with E-state index in [0.717, 1.165) is 54.2 Å². The van der Waals surface area contributed by atoms with Gasteiger partial charge in [-0.15, -0.1) is 0 Å². The number of aliphatic hydroxyl groups is 1. The van der Waals surface area contributed by atoms with Crippen molar-refractivity contribution in [2.24, 2.45) is 13.0 Å². The Hall–Kier alpha value is -2.47. The quantitative estimate of drug-likeness (QED) is 0.796. The van der Waals surface area contributed by atoms with Crippen LogP contribution < -0.4 is 4.90 Å². The van der Waals surface area contributed by atoms with Gasteiger partial charge in [0.2, 0.25) is 0 Å². The molecule has 1 N–H and O–H groups in total. The highest BCUT2D eigenvalue weighted by molar-refractivity contribution is 5.87. The predicted octanol–water partition coefficient (Wildman–Crippen LogP) is 2.62. The SMILES string of the molecule is Cc1nc(N2CCC([C@@H](O)c3ccccc3)CC2)c2cnn(C)c2n1. The van der Waals surface area contributed by atoms with E-state index in [-0.39, 0.29) is 5.92 Å². The van der Waals surface area contributed by atoms with Gasteiger partial charge < -0.3 is 10.0 Å². The lowest BCUT2D eigenvalue weighted by atomic mass is 9.87. The molecule has 4 rings (SSSR count). The van der Waals surface area contributed by atoms with Gasteiger partial charge in [-0.2, -0.15) is 5.10 Å². The summed E-state index contributed by atoms with van der Waals surface area (Å²) in [6.45, 7) is 3.69. The normalized spacial score (nSPS) is 17.2. The van der Waals surface area contributed by atoms with E-state index in [0.29, 0.717) is 0 Å². The number of benzene rings is 1. The molecular weight excluding hydrogens is 314 g/mol. The summed E-state index contributed by atoms with van der Waals surface area (Å²) < 4.78 is 1.79. The predicted molar refractivity (Wildman–Crippen MR) is 97.4 cm³/mol. The zero-order valence-electron chi connectivity index (χ0n) is 14.6. The maximum atomic E-state index is 10.7. The smallest absolute Gasteiger partial charge is 0.163 e. The summed E-state index contributed by atoms with van der Waals surface area (Å²) in [4.78, 5) is 11.5. The molecule has 2 aromatic heterocycles. The number of hydrogen-bond donors (Lipinski definition) is 1. The van der Waals surface area contributed by atoms with Crippen LogP contribution in [0.4, 0.5) is 5.82 Å². The third-order valence-electron chi connectivity index (χ3n) is 5.11. The molecular formula is C19H23N5O. The minimum Gasteiger partial charge on any atom is -0.388 e. The summed E-state index contributed by atoms with van der Waals surface area (Å²) in [5.41, 5.74) is 1.88. The molecule has 25 heavy (non-hydrogen) atoms. The first-order valence-electron chi connectivity index (χ1n) is 8.78. The third kappa shape index (κ3) is 2.98. The van der Waals surface area contributed by atoms with Crippen molar-refractivity contribution in [1.29, 1.82) is 0 Å². The van der Waals surface area contributed by atoms with E-state index >= 15 is 0 Å². The van der Waals surface area contributed by atoms with Gasteiger partial charge in [-0.3, -0.25) is 4.68 Å². The summed E-state index contributed by atoms with van der Waals surface area (Å²) >= 11 is 0. The number of anilines is 1. The van der Waals surface area contributed by atoms with Crippen LogP contribution >= 0.6 is 0 Å². The largest absolute Gasteiger partial charge is 0.388 e. The molecule has 0 spiro atoms. The lowest BCUT2D eigenvalue weighted by Gasteiger charge is -2.35. The topological polar surface area (TPSA) is 67.1 Å². The van der Waals surface area contributed by atoms with Crippen molar-refractivity contribution < 1.29 is 5.11 Å². The van der Waals surface area contributed by atoms with E-state index in [1.165, 1.54) is 0 Å².